The molecule has 1 N–H and O–H groups in total. The Balaban J connectivity index is 2.00. The summed E-state index contributed by atoms with van der Waals surface area (Å²) in [5.41, 5.74) is -0.277. The summed E-state index contributed by atoms with van der Waals surface area (Å²) in [6, 6.07) is 0.439. The van der Waals surface area contributed by atoms with Gasteiger partial charge in [0.05, 0.1) is 6.42 Å². The van der Waals surface area contributed by atoms with Gasteiger partial charge in [-0.2, -0.15) is 0 Å². The van der Waals surface area contributed by atoms with Gasteiger partial charge in [0, 0.05) is 19.0 Å². The van der Waals surface area contributed by atoms with Crippen LogP contribution in [0.2, 0.25) is 0 Å². The molecule has 21 heavy (non-hydrogen) atoms. The van der Waals surface area contributed by atoms with Gasteiger partial charge < -0.3 is 10.0 Å². The molecule has 0 atom stereocenters. The molecule has 4 nitrogen and oxygen atoms in total. The second kappa shape index (κ2) is 7.28. The number of hydrogen-bond donors (Lipinski definition) is 1. The van der Waals surface area contributed by atoms with E-state index in [0.29, 0.717) is 12.5 Å². The maximum absolute atomic E-state index is 12.7. The summed E-state index contributed by atoms with van der Waals surface area (Å²) >= 11 is 0. The molecule has 0 radical (unpaired) electrons. The van der Waals surface area contributed by atoms with Crippen molar-refractivity contribution >= 4 is 11.9 Å². The van der Waals surface area contributed by atoms with Gasteiger partial charge in [0.2, 0.25) is 5.91 Å². The van der Waals surface area contributed by atoms with Gasteiger partial charge in [-0.05, 0) is 37.5 Å². The van der Waals surface area contributed by atoms with Crippen LogP contribution < -0.4 is 0 Å². The molecule has 4 heteroatoms. The van der Waals surface area contributed by atoms with Crippen molar-refractivity contribution in [1.29, 1.82) is 0 Å². The van der Waals surface area contributed by atoms with Crippen molar-refractivity contribution in [2.45, 2.75) is 83.6 Å². The highest BCUT2D eigenvalue weighted by Gasteiger charge is 2.40. The third-order valence-electron chi connectivity index (χ3n) is 5.03. The van der Waals surface area contributed by atoms with Gasteiger partial charge in [0.25, 0.3) is 0 Å². The van der Waals surface area contributed by atoms with Crippen molar-refractivity contribution in [3.63, 3.8) is 0 Å². The Hall–Kier alpha value is -1.06. The summed E-state index contributed by atoms with van der Waals surface area (Å²) in [6.45, 7) is 2.99. The fourth-order valence-corrected chi connectivity index (χ4v) is 3.69. The third kappa shape index (κ3) is 4.72. The zero-order chi connectivity index (χ0) is 15.3. The van der Waals surface area contributed by atoms with Crippen molar-refractivity contribution in [2.24, 2.45) is 5.41 Å². The lowest BCUT2D eigenvalue weighted by molar-refractivity contribution is -0.142. The minimum Gasteiger partial charge on any atom is -0.481 e. The largest absolute Gasteiger partial charge is 0.481 e. The minimum absolute atomic E-state index is 0.158. The first-order chi connectivity index (χ1) is 10.1. The summed E-state index contributed by atoms with van der Waals surface area (Å²) in [7, 11) is 0. The Morgan fingerprint density at radius 2 is 1.81 bits per heavy atom. The van der Waals surface area contributed by atoms with E-state index < -0.39 is 5.97 Å². The third-order valence-corrected chi connectivity index (χ3v) is 5.03. The summed E-state index contributed by atoms with van der Waals surface area (Å²) in [5.74, 6) is -0.551. The van der Waals surface area contributed by atoms with Crippen molar-refractivity contribution in [1.82, 2.24) is 4.90 Å². The number of carbonyl (C=O) groups is 2. The Labute approximate surface area is 127 Å². The van der Waals surface area contributed by atoms with Crippen LogP contribution in [0.1, 0.15) is 77.6 Å². The molecule has 0 aliphatic heterocycles. The fourth-order valence-electron chi connectivity index (χ4n) is 3.69. The van der Waals surface area contributed by atoms with Crippen molar-refractivity contribution in [3.05, 3.63) is 0 Å². The smallest absolute Gasteiger partial charge is 0.303 e. The lowest BCUT2D eigenvalue weighted by Crippen LogP contribution is -2.39. The van der Waals surface area contributed by atoms with Crippen LogP contribution in [-0.4, -0.2) is 34.5 Å². The highest BCUT2D eigenvalue weighted by molar-refractivity contribution is 5.79. The normalized spacial score (nSPS) is 21.0. The molecule has 0 heterocycles. The van der Waals surface area contributed by atoms with Gasteiger partial charge >= 0.3 is 5.97 Å². The van der Waals surface area contributed by atoms with Crippen molar-refractivity contribution < 1.29 is 14.7 Å². The Kier molecular flexibility index (Phi) is 5.65. The number of amides is 1. The van der Waals surface area contributed by atoms with Gasteiger partial charge in [-0.25, -0.2) is 0 Å². The number of aliphatic carboxylic acids is 1. The molecule has 0 bridgehead atoms. The number of unbranched alkanes of at least 4 members (excludes halogenated alkanes) is 1. The van der Waals surface area contributed by atoms with Crippen LogP contribution in [0.5, 0.6) is 0 Å². The second-order valence-corrected chi connectivity index (χ2v) is 6.98. The molecule has 2 aliphatic carbocycles. The standard InChI is InChI=1S/C17H29NO3/c1-2-3-11-18(14-7-8-14)15(19)12-17(13-16(20)21)9-5-4-6-10-17/h14H,2-13H2,1H3,(H,20,21). The number of nitrogens with zero attached hydrogens (tertiary/aromatic N) is 1. The topological polar surface area (TPSA) is 57.6 Å². The Morgan fingerprint density at radius 1 is 1.14 bits per heavy atom. The van der Waals surface area contributed by atoms with Crippen LogP contribution in [0, 0.1) is 5.41 Å². The van der Waals surface area contributed by atoms with Gasteiger partial charge in [-0.3, -0.25) is 9.59 Å². The molecule has 0 saturated heterocycles. The number of carboxylic acid groups (broad SMARTS) is 1. The SMILES string of the molecule is CCCCN(C(=O)CC1(CC(=O)O)CCCCC1)C1CC1. The van der Waals surface area contributed by atoms with Gasteiger partial charge in [0.15, 0.2) is 0 Å². The van der Waals surface area contributed by atoms with Gasteiger partial charge in [-0.1, -0.05) is 32.6 Å². The first kappa shape index (κ1) is 16.3. The maximum atomic E-state index is 12.7. The first-order valence-corrected chi connectivity index (χ1v) is 8.57. The molecule has 120 valence electrons. The van der Waals surface area contributed by atoms with Crippen LogP contribution in [0.4, 0.5) is 0 Å². The van der Waals surface area contributed by atoms with E-state index in [-0.39, 0.29) is 17.7 Å². The average Bonchev–Trinajstić information content (AvgIpc) is 3.23. The van der Waals surface area contributed by atoms with Crippen molar-refractivity contribution in [3.8, 4) is 0 Å². The summed E-state index contributed by atoms with van der Waals surface area (Å²) in [5, 5.41) is 9.22. The summed E-state index contributed by atoms with van der Waals surface area (Å²) < 4.78 is 0. The summed E-state index contributed by atoms with van der Waals surface area (Å²) in [4.78, 5) is 26.0. The van der Waals surface area contributed by atoms with Gasteiger partial charge in [-0.15, -0.1) is 0 Å². The highest BCUT2D eigenvalue weighted by atomic mass is 16.4. The molecule has 0 aromatic carbocycles. The van der Waals surface area contributed by atoms with Crippen LogP contribution in [0.25, 0.3) is 0 Å². The molecule has 0 aromatic heterocycles. The lowest BCUT2D eigenvalue weighted by atomic mass is 9.69. The zero-order valence-electron chi connectivity index (χ0n) is 13.3. The van der Waals surface area contributed by atoms with E-state index in [1.54, 1.807) is 0 Å². The van der Waals surface area contributed by atoms with E-state index in [0.717, 1.165) is 57.9 Å². The number of carboxylic acids is 1. The van der Waals surface area contributed by atoms with Crippen LogP contribution in [0.3, 0.4) is 0 Å². The van der Waals surface area contributed by atoms with E-state index in [1.165, 1.54) is 6.42 Å². The van der Waals surface area contributed by atoms with Crippen LogP contribution >= 0.6 is 0 Å². The van der Waals surface area contributed by atoms with E-state index in [1.807, 2.05) is 4.90 Å². The molecule has 2 saturated carbocycles. The predicted molar refractivity (Wildman–Crippen MR) is 82.0 cm³/mol. The zero-order valence-corrected chi connectivity index (χ0v) is 13.3. The summed E-state index contributed by atoms with van der Waals surface area (Å²) in [6.07, 6.45) is 10.1. The average molecular weight is 295 g/mol. The molecular formula is C17H29NO3. The Bertz CT molecular complexity index is 370. The molecule has 2 rings (SSSR count). The van der Waals surface area contributed by atoms with Crippen LogP contribution in [0.15, 0.2) is 0 Å². The Morgan fingerprint density at radius 3 is 2.33 bits per heavy atom. The molecule has 0 aromatic rings. The lowest BCUT2D eigenvalue weighted by Gasteiger charge is -2.37. The van der Waals surface area contributed by atoms with Crippen molar-refractivity contribution in [2.75, 3.05) is 6.54 Å². The maximum Gasteiger partial charge on any atom is 0.303 e. The molecule has 0 spiro atoms. The number of carbonyl (C=O) groups excluding carboxylic acids is 1. The monoisotopic (exact) mass is 295 g/mol. The van der Waals surface area contributed by atoms with E-state index in [2.05, 4.69) is 6.92 Å². The number of rotatable bonds is 8. The molecule has 0 unspecified atom stereocenters. The van der Waals surface area contributed by atoms with Gasteiger partial charge in [0.1, 0.15) is 0 Å². The quantitative estimate of drug-likeness (QED) is 0.744. The van der Waals surface area contributed by atoms with E-state index >= 15 is 0 Å². The van der Waals surface area contributed by atoms with Crippen LogP contribution in [-0.2, 0) is 9.59 Å². The second-order valence-electron chi connectivity index (χ2n) is 6.98. The fraction of sp³-hybridized carbons (Fsp3) is 0.882. The highest BCUT2D eigenvalue weighted by Crippen LogP contribution is 2.43. The van der Waals surface area contributed by atoms with E-state index in [9.17, 15) is 14.7 Å². The molecular weight excluding hydrogens is 266 g/mol. The van der Waals surface area contributed by atoms with E-state index in [4.69, 9.17) is 0 Å². The predicted octanol–water partition coefficient (Wildman–Crippen LogP) is 3.59. The molecule has 2 fully saturated rings. The molecule has 2 aliphatic rings. The minimum atomic E-state index is -0.753. The first-order valence-electron chi connectivity index (χ1n) is 8.57. The molecule has 1 amide bonds. The number of hydrogen-bond acceptors (Lipinski definition) is 2.